The van der Waals surface area contributed by atoms with Gasteiger partial charge in [-0.3, -0.25) is 0 Å². The number of hydrogen-bond acceptors (Lipinski definition) is 0. The van der Waals surface area contributed by atoms with Crippen molar-refractivity contribution in [1.29, 1.82) is 0 Å². The zero-order valence-electron chi connectivity index (χ0n) is 14.1. The van der Waals surface area contributed by atoms with Crippen molar-refractivity contribution >= 4 is 21.2 Å². The van der Waals surface area contributed by atoms with Crippen LogP contribution >= 0.6 is 8.19 Å². The molecule has 0 unspecified atom stereocenters. The molecule has 0 nitrogen and oxygen atoms in total. The molecule has 0 N–H and O–H groups in total. The van der Waals surface area contributed by atoms with Crippen molar-refractivity contribution in [1.82, 2.24) is 0 Å². The molecule has 1 aliphatic rings. The molecule has 1 aliphatic carbocycles. The maximum Gasteiger partial charge on any atom is 0.0835 e. The van der Waals surface area contributed by atoms with Gasteiger partial charge in [0.15, 0.2) is 0 Å². The molecule has 1 aromatic heterocycles. The predicted molar refractivity (Wildman–Crippen MR) is 98.2 cm³/mol. The average Bonchev–Trinajstić information content (AvgIpc) is 2.31. The van der Waals surface area contributed by atoms with Crippen LogP contribution in [0, 0.1) is 13.8 Å². The second kappa shape index (κ2) is 10.6. The van der Waals surface area contributed by atoms with E-state index in [9.17, 15) is 0 Å². The Kier molecular flexibility index (Phi) is 10.5. The Morgan fingerprint density at radius 1 is 0.810 bits per heavy atom. The van der Waals surface area contributed by atoms with Gasteiger partial charge < -0.3 is 0 Å². The van der Waals surface area contributed by atoms with Crippen molar-refractivity contribution in [2.24, 2.45) is 0 Å². The van der Waals surface area contributed by atoms with Crippen LogP contribution < -0.4 is 4.92 Å². The van der Waals surface area contributed by atoms with Gasteiger partial charge in [0.05, 0.1) is 8.07 Å². The third-order valence-electron chi connectivity index (χ3n) is 3.47. The van der Waals surface area contributed by atoms with E-state index in [2.05, 4.69) is 69.7 Å². The van der Waals surface area contributed by atoms with Crippen molar-refractivity contribution in [3.8, 4) is 0 Å². The summed E-state index contributed by atoms with van der Waals surface area (Å²) in [4.78, 5) is 1.66. The minimum Gasteiger partial charge on any atom is -0.0882 e. The van der Waals surface area contributed by atoms with Gasteiger partial charge >= 0.3 is 0 Å². The number of hydrogen-bond donors (Lipinski definition) is 0. The summed E-state index contributed by atoms with van der Waals surface area (Å²) in [6, 6.07) is 2.39. The zero-order valence-corrected chi connectivity index (χ0v) is 17.1. The fourth-order valence-corrected chi connectivity index (χ4v) is 5.09. The predicted octanol–water partition coefficient (Wildman–Crippen LogP) is 6.10. The molecule has 21 heavy (non-hydrogen) atoms. The largest absolute Gasteiger partial charge is 0.0882 e. The minimum absolute atomic E-state index is 0. The minimum atomic E-state index is -1.04. The molecular formula is C18H29FePSi. The normalized spacial score (nSPS) is 17.8. The fourth-order valence-electron chi connectivity index (χ4n) is 1.89. The standard InChI is InChI=1S/C10H17PSi.C8H12.Fe/c1-8-6-10(12(3,4)5)11-7-9(8)2;1-2-4-6-8-7-5-3-1;/h6-7H,1-5H3;1-2,7-8H,3-6H2;/b;2-1-,8-7-;. The van der Waals surface area contributed by atoms with Gasteiger partial charge in [-0.15, -0.1) is 0 Å². The second-order valence-electron chi connectivity index (χ2n) is 6.50. The van der Waals surface area contributed by atoms with E-state index in [1.165, 1.54) is 45.0 Å². The Bertz CT molecular complexity index is 447. The van der Waals surface area contributed by atoms with Gasteiger partial charge in [0, 0.05) is 17.1 Å². The Hall–Kier alpha value is -0.134. The molecule has 3 heteroatoms. The Morgan fingerprint density at radius 3 is 1.57 bits per heavy atom. The quantitative estimate of drug-likeness (QED) is 0.419. The molecule has 0 fully saturated rings. The van der Waals surface area contributed by atoms with Crippen LogP contribution in [-0.2, 0) is 17.1 Å². The van der Waals surface area contributed by atoms with Gasteiger partial charge in [-0.05, 0) is 61.4 Å². The molecule has 0 aliphatic heterocycles. The van der Waals surface area contributed by atoms with E-state index < -0.39 is 8.07 Å². The Balaban J connectivity index is 0.000000390. The molecule has 2 rings (SSSR count). The van der Waals surface area contributed by atoms with E-state index in [0.29, 0.717) is 0 Å². The Morgan fingerprint density at radius 2 is 1.24 bits per heavy atom. The summed E-state index contributed by atoms with van der Waals surface area (Å²) >= 11 is 0. The van der Waals surface area contributed by atoms with Crippen molar-refractivity contribution in [3.63, 3.8) is 0 Å². The summed E-state index contributed by atoms with van der Waals surface area (Å²) in [6.07, 6.45) is 14.0. The molecule has 0 bridgehead atoms. The summed E-state index contributed by atoms with van der Waals surface area (Å²) in [5, 5.41) is 0. The van der Waals surface area contributed by atoms with Gasteiger partial charge in [-0.1, -0.05) is 58.2 Å². The van der Waals surface area contributed by atoms with Gasteiger partial charge in [-0.25, -0.2) is 0 Å². The van der Waals surface area contributed by atoms with Crippen molar-refractivity contribution in [2.45, 2.75) is 59.2 Å². The van der Waals surface area contributed by atoms with Crippen LogP contribution in [-0.4, -0.2) is 8.07 Å². The van der Waals surface area contributed by atoms with Crippen LogP contribution in [0.3, 0.4) is 0 Å². The van der Waals surface area contributed by atoms with Crippen LogP contribution in [0.15, 0.2) is 36.2 Å². The Labute approximate surface area is 144 Å². The van der Waals surface area contributed by atoms with Gasteiger partial charge in [0.25, 0.3) is 0 Å². The molecule has 0 amide bonds. The molecule has 0 aromatic carbocycles. The van der Waals surface area contributed by atoms with Gasteiger partial charge in [0.1, 0.15) is 0 Å². The molecular weight excluding hydrogens is 331 g/mol. The fraction of sp³-hybridized carbons (Fsp3) is 0.500. The first-order chi connectivity index (χ1) is 9.41. The third-order valence-corrected chi connectivity index (χ3v) is 8.48. The first-order valence-corrected chi connectivity index (χ1v) is 12.1. The molecule has 118 valence electrons. The van der Waals surface area contributed by atoms with Crippen molar-refractivity contribution in [3.05, 3.63) is 47.3 Å². The summed E-state index contributed by atoms with van der Waals surface area (Å²) in [5.74, 6) is 2.34. The van der Waals surface area contributed by atoms with Crippen molar-refractivity contribution < 1.29 is 17.1 Å². The second-order valence-corrected chi connectivity index (χ2v) is 13.0. The summed E-state index contributed by atoms with van der Waals surface area (Å²) in [6.45, 7) is 11.6. The van der Waals surface area contributed by atoms with Crippen LogP contribution in [0.5, 0.6) is 0 Å². The summed E-state index contributed by atoms with van der Waals surface area (Å²) < 4.78 is 0. The first kappa shape index (κ1) is 20.9. The zero-order chi connectivity index (χ0) is 15.0. The monoisotopic (exact) mass is 360 g/mol. The number of allylic oxidation sites excluding steroid dienone is 4. The molecule has 0 saturated heterocycles. The molecule has 0 saturated carbocycles. The first-order valence-electron chi connectivity index (χ1n) is 7.65. The molecule has 0 radical (unpaired) electrons. The van der Waals surface area contributed by atoms with Gasteiger partial charge in [0.2, 0.25) is 0 Å². The van der Waals surface area contributed by atoms with E-state index >= 15 is 0 Å². The van der Waals surface area contributed by atoms with E-state index in [-0.39, 0.29) is 17.1 Å². The summed E-state index contributed by atoms with van der Waals surface area (Å²) in [7, 11) is 0.392. The number of rotatable bonds is 1. The van der Waals surface area contributed by atoms with Crippen LogP contribution in [0.2, 0.25) is 19.6 Å². The van der Waals surface area contributed by atoms with Crippen LogP contribution in [0.4, 0.5) is 0 Å². The maximum absolute atomic E-state index is 2.41. The summed E-state index contributed by atoms with van der Waals surface area (Å²) in [5.41, 5.74) is 2.89. The van der Waals surface area contributed by atoms with Crippen LogP contribution in [0.25, 0.3) is 0 Å². The van der Waals surface area contributed by atoms with Crippen LogP contribution in [0.1, 0.15) is 36.8 Å². The van der Waals surface area contributed by atoms with E-state index in [4.69, 9.17) is 0 Å². The molecule has 0 atom stereocenters. The van der Waals surface area contributed by atoms with Crippen molar-refractivity contribution in [2.75, 3.05) is 0 Å². The van der Waals surface area contributed by atoms with E-state index in [0.717, 1.165) is 0 Å². The smallest absolute Gasteiger partial charge is 0.0835 e. The maximum atomic E-state index is 2.41. The van der Waals surface area contributed by atoms with E-state index in [1.807, 2.05) is 0 Å². The number of aryl methyl sites for hydroxylation is 2. The molecule has 0 spiro atoms. The molecule has 1 aromatic rings. The van der Waals surface area contributed by atoms with E-state index in [1.54, 1.807) is 4.92 Å². The SMILES string of the molecule is C1=C\CC/C=C\CC/1.Cc1cpc([Si](C)(C)C)cc1C.[Fe]. The third kappa shape index (κ3) is 8.79. The average molecular weight is 360 g/mol. The van der Waals surface area contributed by atoms with Gasteiger partial charge in [-0.2, -0.15) is 0 Å². The topological polar surface area (TPSA) is 0 Å². The molecule has 1 heterocycles.